The van der Waals surface area contributed by atoms with E-state index in [0.717, 1.165) is 5.56 Å². The second kappa shape index (κ2) is 9.28. The van der Waals surface area contributed by atoms with Crippen LogP contribution in [-0.4, -0.2) is 34.5 Å². The van der Waals surface area contributed by atoms with E-state index in [1.165, 1.54) is 18.2 Å². The summed E-state index contributed by atoms with van der Waals surface area (Å²) in [6, 6.07) is 14.2. The predicted octanol–water partition coefficient (Wildman–Crippen LogP) is 2.21. The summed E-state index contributed by atoms with van der Waals surface area (Å²) in [5.74, 6) is -1.77. The third-order valence-corrected chi connectivity index (χ3v) is 3.71. The number of nitrogens with one attached hydrogen (secondary N) is 2. The summed E-state index contributed by atoms with van der Waals surface area (Å²) in [4.78, 5) is 33.8. The zero-order valence-corrected chi connectivity index (χ0v) is 13.9. The van der Waals surface area contributed by atoms with Crippen LogP contribution in [0, 0.1) is 10.1 Å². The van der Waals surface area contributed by atoms with Gasteiger partial charge in [0.05, 0.1) is 11.3 Å². The highest BCUT2D eigenvalue weighted by Crippen LogP contribution is 2.23. The number of nitrogens with zero attached hydrogens (tertiary/aromatic N) is 1. The molecule has 2 aromatic rings. The fourth-order valence-electron chi connectivity index (χ4n) is 2.41. The molecule has 0 saturated heterocycles. The number of aliphatic carboxylic acids is 1. The Balaban J connectivity index is 1.91. The molecule has 26 heavy (non-hydrogen) atoms. The number of para-hydroxylation sites is 2. The molecule has 136 valence electrons. The number of benzene rings is 2. The molecular formula is C18H19N3O5. The lowest BCUT2D eigenvalue weighted by molar-refractivity contribution is -0.383. The predicted molar refractivity (Wildman–Crippen MR) is 95.9 cm³/mol. The number of anilines is 1. The van der Waals surface area contributed by atoms with E-state index in [4.69, 9.17) is 0 Å². The van der Waals surface area contributed by atoms with Gasteiger partial charge in [0, 0.05) is 6.07 Å². The van der Waals surface area contributed by atoms with Gasteiger partial charge in [-0.2, -0.15) is 0 Å². The molecule has 8 heteroatoms. The second-order valence-corrected chi connectivity index (χ2v) is 5.61. The molecule has 1 unspecified atom stereocenters. The highest BCUT2D eigenvalue weighted by Gasteiger charge is 2.22. The van der Waals surface area contributed by atoms with E-state index in [-0.39, 0.29) is 17.8 Å². The molecule has 0 radical (unpaired) electrons. The van der Waals surface area contributed by atoms with Crippen LogP contribution in [0.3, 0.4) is 0 Å². The molecular weight excluding hydrogens is 338 g/mol. The Morgan fingerprint density at radius 3 is 2.38 bits per heavy atom. The standard InChI is InChI=1S/C18H19N3O5/c22-17(20-14-8-4-5-9-16(14)21(25)26)12-15(18(23)24)19-11-10-13-6-2-1-3-7-13/h1-9,15,19H,10-12H2,(H,20,22)(H,23,24). The molecule has 0 aliphatic heterocycles. The van der Waals surface area contributed by atoms with E-state index in [1.54, 1.807) is 6.07 Å². The summed E-state index contributed by atoms with van der Waals surface area (Å²) in [6.45, 7) is 0.389. The second-order valence-electron chi connectivity index (χ2n) is 5.61. The maximum absolute atomic E-state index is 12.1. The molecule has 1 amide bonds. The lowest BCUT2D eigenvalue weighted by Crippen LogP contribution is -2.40. The van der Waals surface area contributed by atoms with E-state index in [0.29, 0.717) is 13.0 Å². The molecule has 0 saturated carbocycles. The number of hydrogen-bond acceptors (Lipinski definition) is 5. The Hall–Kier alpha value is -3.26. The van der Waals surface area contributed by atoms with Gasteiger partial charge in [-0.15, -0.1) is 0 Å². The quantitative estimate of drug-likeness (QED) is 0.467. The van der Waals surface area contributed by atoms with Gasteiger partial charge in [0.2, 0.25) is 5.91 Å². The summed E-state index contributed by atoms with van der Waals surface area (Å²) < 4.78 is 0. The van der Waals surface area contributed by atoms with Crippen LogP contribution in [0.5, 0.6) is 0 Å². The smallest absolute Gasteiger partial charge is 0.321 e. The minimum atomic E-state index is -1.16. The minimum absolute atomic E-state index is 0.0379. The number of nitro benzene ring substituents is 1. The van der Waals surface area contributed by atoms with Crippen LogP contribution >= 0.6 is 0 Å². The number of nitro groups is 1. The molecule has 0 bridgehead atoms. The lowest BCUT2D eigenvalue weighted by Gasteiger charge is -2.14. The van der Waals surface area contributed by atoms with Crippen molar-refractivity contribution in [1.29, 1.82) is 0 Å². The van der Waals surface area contributed by atoms with Crippen molar-refractivity contribution >= 4 is 23.3 Å². The number of carboxylic acids is 1. The third kappa shape index (κ3) is 5.67. The first-order valence-corrected chi connectivity index (χ1v) is 8.00. The Morgan fingerprint density at radius 1 is 1.08 bits per heavy atom. The van der Waals surface area contributed by atoms with E-state index < -0.39 is 22.8 Å². The van der Waals surface area contributed by atoms with Crippen molar-refractivity contribution in [2.45, 2.75) is 18.9 Å². The highest BCUT2D eigenvalue weighted by atomic mass is 16.6. The maximum Gasteiger partial charge on any atom is 0.321 e. The Bertz CT molecular complexity index is 779. The SMILES string of the molecule is O=C(CC(NCCc1ccccc1)C(=O)O)Nc1ccccc1[N+](=O)[O-]. The molecule has 1 atom stereocenters. The summed E-state index contributed by atoms with van der Waals surface area (Å²) in [5.41, 5.74) is 0.842. The van der Waals surface area contributed by atoms with Crippen LogP contribution in [0.15, 0.2) is 54.6 Å². The van der Waals surface area contributed by atoms with Crippen LogP contribution in [0.25, 0.3) is 0 Å². The molecule has 0 aliphatic rings. The van der Waals surface area contributed by atoms with E-state index >= 15 is 0 Å². The first-order valence-electron chi connectivity index (χ1n) is 8.00. The van der Waals surface area contributed by atoms with Crippen LogP contribution in [-0.2, 0) is 16.0 Å². The summed E-state index contributed by atoms with van der Waals surface area (Å²) >= 11 is 0. The fraction of sp³-hybridized carbons (Fsp3) is 0.222. The van der Waals surface area contributed by atoms with Crippen LogP contribution < -0.4 is 10.6 Å². The minimum Gasteiger partial charge on any atom is -0.480 e. The monoisotopic (exact) mass is 357 g/mol. The zero-order chi connectivity index (χ0) is 18.9. The van der Waals surface area contributed by atoms with E-state index in [9.17, 15) is 24.8 Å². The van der Waals surface area contributed by atoms with Gasteiger partial charge < -0.3 is 15.7 Å². The Kier molecular flexibility index (Phi) is 6.81. The van der Waals surface area contributed by atoms with Gasteiger partial charge in [-0.05, 0) is 24.6 Å². The Morgan fingerprint density at radius 2 is 1.73 bits per heavy atom. The molecule has 0 spiro atoms. The van der Waals surface area contributed by atoms with E-state index in [2.05, 4.69) is 10.6 Å². The highest BCUT2D eigenvalue weighted by molar-refractivity contribution is 5.95. The fourth-order valence-corrected chi connectivity index (χ4v) is 2.41. The van der Waals surface area contributed by atoms with Crippen molar-refractivity contribution in [3.63, 3.8) is 0 Å². The van der Waals surface area contributed by atoms with Gasteiger partial charge in [0.1, 0.15) is 11.7 Å². The average molecular weight is 357 g/mol. The summed E-state index contributed by atoms with van der Waals surface area (Å²) in [6.07, 6.45) is 0.284. The average Bonchev–Trinajstić information content (AvgIpc) is 2.62. The number of carbonyl (C=O) groups is 2. The molecule has 0 aliphatic carbocycles. The van der Waals surface area contributed by atoms with Crippen molar-refractivity contribution < 1.29 is 19.6 Å². The van der Waals surface area contributed by atoms with Gasteiger partial charge in [-0.25, -0.2) is 0 Å². The molecule has 0 fully saturated rings. The first kappa shape index (κ1) is 19.1. The molecule has 2 rings (SSSR count). The summed E-state index contributed by atoms with van der Waals surface area (Å²) in [7, 11) is 0. The number of carboxylic acid groups (broad SMARTS) is 1. The van der Waals surface area contributed by atoms with Crippen LogP contribution in [0.1, 0.15) is 12.0 Å². The van der Waals surface area contributed by atoms with Gasteiger partial charge in [0.15, 0.2) is 0 Å². The van der Waals surface area contributed by atoms with Crippen LogP contribution in [0.2, 0.25) is 0 Å². The molecule has 2 aromatic carbocycles. The van der Waals surface area contributed by atoms with Crippen molar-refractivity contribution in [1.82, 2.24) is 5.32 Å². The molecule has 0 heterocycles. The zero-order valence-electron chi connectivity index (χ0n) is 13.9. The first-order chi connectivity index (χ1) is 12.5. The van der Waals surface area contributed by atoms with Gasteiger partial charge in [0.25, 0.3) is 5.69 Å². The van der Waals surface area contributed by atoms with Crippen molar-refractivity contribution in [3.05, 3.63) is 70.3 Å². The number of amides is 1. The lowest BCUT2D eigenvalue weighted by atomic mass is 10.1. The van der Waals surface area contributed by atoms with Crippen molar-refractivity contribution in [2.75, 3.05) is 11.9 Å². The van der Waals surface area contributed by atoms with Crippen molar-refractivity contribution in [2.24, 2.45) is 0 Å². The molecule has 8 nitrogen and oxygen atoms in total. The van der Waals surface area contributed by atoms with Gasteiger partial charge >= 0.3 is 5.97 Å². The van der Waals surface area contributed by atoms with Crippen LogP contribution in [0.4, 0.5) is 11.4 Å². The third-order valence-electron chi connectivity index (χ3n) is 3.71. The topological polar surface area (TPSA) is 122 Å². The number of rotatable bonds is 9. The summed E-state index contributed by atoms with van der Waals surface area (Å²) in [5, 5.41) is 25.5. The van der Waals surface area contributed by atoms with Gasteiger partial charge in [-0.3, -0.25) is 19.7 Å². The Labute approximate surface area is 150 Å². The maximum atomic E-state index is 12.1. The molecule has 3 N–H and O–H groups in total. The number of hydrogen-bond donors (Lipinski definition) is 3. The largest absolute Gasteiger partial charge is 0.480 e. The van der Waals surface area contributed by atoms with Crippen molar-refractivity contribution in [3.8, 4) is 0 Å². The normalized spacial score (nSPS) is 11.5. The number of carbonyl (C=O) groups excluding carboxylic acids is 1. The van der Waals surface area contributed by atoms with E-state index in [1.807, 2.05) is 30.3 Å². The van der Waals surface area contributed by atoms with Gasteiger partial charge in [-0.1, -0.05) is 42.5 Å². The molecule has 0 aromatic heterocycles.